The van der Waals surface area contributed by atoms with Gasteiger partial charge in [0.25, 0.3) is 0 Å². The van der Waals surface area contributed by atoms with E-state index in [1.807, 2.05) is 6.92 Å². The summed E-state index contributed by atoms with van der Waals surface area (Å²) in [7, 11) is 0. The predicted molar refractivity (Wildman–Crippen MR) is 85.5 cm³/mol. The van der Waals surface area contributed by atoms with E-state index in [0.717, 1.165) is 29.5 Å². The standard InChI is InChI=1S/C16H26ClN3/c1-6-12(9-11-7-8-11)18-14-10(2)13(17)19-15(20-14)16(3,4)5/h11-12H,6-9H2,1-5H3,(H,18,19,20). The average molecular weight is 296 g/mol. The Labute approximate surface area is 127 Å². The number of anilines is 1. The van der Waals surface area contributed by atoms with E-state index in [2.05, 4.69) is 38.0 Å². The summed E-state index contributed by atoms with van der Waals surface area (Å²) in [4.78, 5) is 9.14. The zero-order valence-electron chi connectivity index (χ0n) is 13.3. The molecule has 1 aliphatic carbocycles. The van der Waals surface area contributed by atoms with Gasteiger partial charge in [0.2, 0.25) is 0 Å². The summed E-state index contributed by atoms with van der Waals surface area (Å²) >= 11 is 6.28. The van der Waals surface area contributed by atoms with Crippen molar-refractivity contribution in [2.45, 2.75) is 71.8 Å². The highest BCUT2D eigenvalue weighted by Crippen LogP contribution is 2.35. The van der Waals surface area contributed by atoms with Crippen molar-refractivity contribution >= 4 is 17.4 Å². The third kappa shape index (κ3) is 3.85. The van der Waals surface area contributed by atoms with Gasteiger partial charge in [0.1, 0.15) is 16.8 Å². The van der Waals surface area contributed by atoms with Gasteiger partial charge in [0.05, 0.1) is 0 Å². The molecule has 1 heterocycles. The Morgan fingerprint density at radius 2 is 1.95 bits per heavy atom. The molecule has 0 aliphatic heterocycles. The first kappa shape index (κ1) is 15.6. The van der Waals surface area contributed by atoms with E-state index in [-0.39, 0.29) is 5.41 Å². The Kier molecular flexibility index (Phi) is 4.58. The van der Waals surface area contributed by atoms with Gasteiger partial charge in [0, 0.05) is 17.0 Å². The fourth-order valence-electron chi connectivity index (χ4n) is 2.24. The molecule has 0 amide bonds. The Morgan fingerprint density at radius 1 is 1.30 bits per heavy atom. The average Bonchev–Trinajstić information content (AvgIpc) is 3.16. The molecule has 1 N–H and O–H groups in total. The maximum Gasteiger partial charge on any atom is 0.137 e. The molecule has 4 heteroatoms. The van der Waals surface area contributed by atoms with Crippen LogP contribution in [0.1, 0.15) is 64.8 Å². The van der Waals surface area contributed by atoms with E-state index in [4.69, 9.17) is 16.6 Å². The second-order valence-corrected chi connectivity index (χ2v) is 7.35. The number of rotatable bonds is 5. The molecule has 0 aromatic carbocycles. The van der Waals surface area contributed by atoms with Crippen LogP contribution in [-0.4, -0.2) is 16.0 Å². The van der Waals surface area contributed by atoms with Gasteiger partial charge < -0.3 is 5.32 Å². The molecule has 0 spiro atoms. The van der Waals surface area contributed by atoms with Crippen LogP contribution in [0, 0.1) is 12.8 Å². The SMILES string of the molecule is CCC(CC1CC1)Nc1nc(C(C)(C)C)nc(Cl)c1C. The summed E-state index contributed by atoms with van der Waals surface area (Å²) in [6, 6.07) is 0.486. The first-order chi connectivity index (χ1) is 9.31. The van der Waals surface area contributed by atoms with E-state index >= 15 is 0 Å². The summed E-state index contributed by atoms with van der Waals surface area (Å²) in [5.41, 5.74) is 0.861. The number of nitrogens with zero attached hydrogens (tertiary/aromatic N) is 2. The molecule has 112 valence electrons. The number of aromatic nitrogens is 2. The quantitative estimate of drug-likeness (QED) is 0.798. The van der Waals surface area contributed by atoms with Crippen LogP contribution in [0.3, 0.4) is 0 Å². The van der Waals surface area contributed by atoms with Crippen LogP contribution >= 0.6 is 11.6 Å². The lowest BCUT2D eigenvalue weighted by Gasteiger charge is -2.22. The highest BCUT2D eigenvalue weighted by molar-refractivity contribution is 6.30. The van der Waals surface area contributed by atoms with E-state index in [1.54, 1.807) is 0 Å². The van der Waals surface area contributed by atoms with Crippen molar-refractivity contribution in [2.24, 2.45) is 5.92 Å². The van der Waals surface area contributed by atoms with Crippen LogP contribution in [0.4, 0.5) is 5.82 Å². The molecule has 1 aliphatic rings. The van der Waals surface area contributed by atoms with Crippen LogP contribution in [0.5, 0.6) is 0 Å². The molecule has 0 bridgehead atoms. The number of halogens is 1. The van der Waals surface area contributed by atoms with Crippen molar-refractivity contribution in [3.63, 3.8) is 0 Å². The maximum atomic E-state index is 6.28. The summed E-state index contributed by atoms with van der Waals surface area (Å²) in [5, 5.41) is 4.15. The Bertz CT molecular complexity index is 475. The van der Waals surface area contributed by atoms with Gasteiger partial charge in [-0.2, -0.15) is 0 Å². The van der Waals surface area contributed by atoms with E-state index in [1.165, 1.54) is 19.3 Å². The van der Waals surface area contributed by atoms with Crippen molar-refractivity contribution in [1.29, 1.82) is 0 Å². The van der Waals surface area contributed by atoms with E-state index in [9.17, 15) is 0 Å². The van der Waals surface area contributed by atoms with Crippen LogP contribution in [-0.2, 0) is 5.41 Å². The smallest absolute Gasteiger partial charge is 0.137 e. The van der Waals surface area contributed by atoms with Crippen molar-refractivity contribution in [1.82, 2.24) is 9.97 Å². The van der Waals surface area contributed by atoms with Gasteiger partial charge in [-0.25, -0.2) is 9.97 Å². The third-order valence-corrected chi connectivity index (χ3v) is 4.27. The van der Waals surface area contributed by atoms with Crippen molar-refractivity contribution < 1.29 is 0 Å². The lowest BCUT2D eigenvalue weighted by atomic mass is 9.95. The minimum atomic E-state index is -0.0913. The molecular weight excluding hydrogens is 270 g/mol. The van der Waals surface area contributed by atoms with Crippen molar-refractivity contribution in [3.8, 4) is 0 Å². The Morgan fingerprint density at radius 3 is 2.45 bits per heavy atom. The zero-order chi connectivity index (χ0) is 14.9. The number of nitrogens with one attached hydrogen (secondary N) is 1. The molecule has 3 nitrogen and oxygen atoms in total. The molecule has 1 saturated carbocycles. The van der Waals surface area contributed by atoms with Crippen LogP contribution in [0.2, 0.25) is 5.15 Å². The summed E-state index contributed by atoms with van der Waals surface area (Å²) < 4.78 is 0. The maximum absolute atomic E-state index is 6.28. The third-order valence-electron chi connectivity index (χ3n) is 3.91. The fraction of sp³-hybridized carbons (Fsp3) is 0.750. The Balaban J connectivity index is 2.22. The normalized spacial score (nSPS) is 17.1. The minimum Gasteiger partial charge on any atom is -0.367 e. The highest BCUT2D eigenvalue weighted by Gasteiger charge is 2.26. The molecule has 1 atom stereocenters. The van der Waals surface area contributed by atoms with Gasteiger partial charge in [0.15, 0.2) is 0 Å². The first-order valence-corrected chi connectivity index (χ1v) is 8.00. The van der Waals surface area contributed by atoms with E-state index < -0.39 is 0 Å². The van der Waals surface area contributed by atoms with Crippen LogP contribution in [0.15, 0.2) is 0 Å². The second-order valence-electron chi connectivity index (χ2n) is 6.99. The molecule has 2 rings (SSSR count). The van der Waals surface area contributed by atoms with Gasteiger partial charge >= 0.3 is 0 Å². The van der Waals surface area contributed by atoms with Gasteiger partial charge in [-0.1, -0.05) is 52.1 Å². The molecule has 1 aromatic rings. The fourth-order valence-corrected chi connectivity index (χ4v) is 2.41. The molecular formula is C16H26ClN3. The number of hydrogen-bond acceptors (Lipinski definition) is 3. The molecule has 0 saturated heterocycles. The largest absolute Gasteiger partial charge is 0.367 e. The summed E-state index contributed by atoms with van der Waals surface area (Å²) in [6.45, 7) is 10.5. The molecule has 1 aromatic heterocycles. The second kappa shape index (κ2) is 5.88. The van der Waals surface area contributed by atoms with Crippen LogP contribution < -0.4 is 5.32 Å². The zero-order valence-corrected chi connectivity index (χ0v) is 14.0. The topological polar surface area (TPSA) is 37.8 Å². The van der Waals surface area contributed by atoms with Gasteiger partial charge in [-0.15, -0.1) is 0 Å². The van der Waals surface area contributed by atoms with Gasteiger partial charge in [-0.3, -0.25) is 0 Å². The molecule has 0 radical (unpaired) electrons. The molecule has 20 heavy (non-hydrogen) atoms. The molecule has 1 unspecified atom stereocenters. The van der Waals surface area contributed by atoms with Crippen molar-refractivity contribution in [2.75, 3.05) is 5.32 Å². The van der Waals surface area contributed by atoms with E-state index in [0.29, 0.717) is 11.2 Å². The highest BCUT2D eigenvalue weighted by atomic mass is 35.5. The summed E-state index contributed by atoms with van der Waals surface area (Å²) in [6.07, 6.45) is 5.12. The van der Waals surface area contributed by atoms with Gasteiger partial charge in [-0.05, 0) is 25.7 Å². The predicted octanol–water partition coefficient (Wildman–Crippen LogP) is 4.73. The monoisotopic (exact) mass is 295 g/mol. The van der Waals surface area contributed by atoms with Crippen LogP contribution in [0.25, 0.3) is 0 Å². The van der Waals surface area contributed by atoms with Crippen molar-refractivity contribution in [3.05, 3.63) is 16.5 Å². The Hall–Kier alpha value is -0.830. The summed E-state index contributed by atoms with van der Waals surface area (Å²) in [5.74, 6) is 2.62. The molecule has 1 fully saturated rings. The lowest BCUT2D eigenvalue weighted by molar-refractivity contribution is 0.541. The first-order valence-electron chi connectivity index (χ1n) is 7.62. The number of hydrogen-bond donors (Lipinski definition) is 1. The minimum absolute atomic E-state index is 0.0913. The lowest BCUT2D eigenvalue weighted by Crippen LogP contribution is -2.23.